The number of alkyl halides is 3. The molecule has 7 nitrogen and oxygen atoms in total. The van der Waals surface area contributed by atoms with Crippen molar-refractivity contribution in [1.29, 1.82) is 0 Å². The lowest BCUT2D eigenvalue weighted by Gasteiger charge is -2.10. The quantitative estimate of drug-likeness (QED) is 0.452. The molecule has 0 fully saturated rings. The number of aliphatic imine (C=N–C) groups is 1. The van der Waals surface area contributed by atoms with E-state index in [1.807, 2.05) is 30.3 Å². The third-order valence-electron chi connectivity index (χ3n) is 3.15. The van der Waals surface area contributed by atoms with Crippen LogP contribution in [-0.4, -0.2) is 40.2 Å². The number of nitrogens with one attached hydrogen (secondary N) is 1. The zero-order valence-corrected chi connectivity index (χ0v) is 14.4. The van der Waals surface area contributed by atoms with Crippen molar-refractivity contribution in [2.45, 2.75) is 25.7 Å². The maximum atomic E-state index is 12.4. The Morgan fingerprint density at radius 2 is 2.04 bits per heavy atom. The number of hydrazone groups is 1. The molecule has 1 amide bonds. The van der Waals surface area contributed by atoms with Crippen LogP contribution in [0.15, 0.2) is 40.4 Å². The van der Waals surface area contributed by atoms with Crippen LogP contribution >= 0.6 is 11.3 Å². The molecule has 1 aromatic carbocycles. The van der Waals surface area contributed by atoms with Crippen molar-refractivity contribution in [3.63, 3.8) is 0 Å². The van der Waals surface area contributed by atoms with E-state index >= 15 is 0 Å². The molecule has 2 rings (SSSR count). The maximum absolute atomic E-state index is 12.4. The average Bonchev–Trinajstić information content (AvgIpc) is 3.09. The van der Waals surface area contributed by atoms with Gasteiger partial charge in [-0.1, -0.05) is 41.7 Å². The molecule has 0 aliphatic heterocycles. The fourth-order valence-electron chi connectivity index (χ4n) is 1.69. The van der Waals surface area contributed by atoms with Gasteiger partial charge >= 0.3 is 6.18 Å². The topological polar surface area (TPSA) is 106 Å². The van der Waals surface area contributed by atoms with E-state index in [-0.39, 0.29) is 6.54 Å². The highest BCUT2D eigenvalue weighted by Crippen LogP contribution is 2.23. The normalized spacial score (nSPS) is 13.8. The average molecular weight is 384 g/mol. The van der Waals surface area contributed by atoms with Crippen LogP contribution in [-0.2, 0) is 11.3 Å². The number of benzene rings is 1. The van der Waals surface area contributed by atoms with Crippen molar-refractivity contribution >= 4 is 29.2 Å². The first-order chi connectivity index (χ1) is 12.3. The third kappa shape index (κ3) is 5.34. The number of halogens is 3. The number of rotatable bonds is 6. The summed E-state index contributed by atoms with van der Waals surface area (Å²) >= 11 is 1.28. The Kier molecular flexibility index (Phi) is 6.39. The minimum Gasteiger partial charge on any atom is -0.344 e. The maximum Gasteiger partial charge on any atom is 0.410 e. The van der Waals surface area contributed by atoms with Gasteiger partial charge in [-0.25, -0.2) is 0 Å². The van der Waals surface area contributed by atoms with Crippen LogP contribution in [0, 0.1) is 0 Å². The largest absolute Gasteiger partial charge is 0.410 e. The van der Waals surface area contributed by atoms with Crippen LogP contribution in [0.4, 0.5) is 13.2 Å². The number of hydrogen-bond donors (Lipinski definition) is 2. The molecule has 26 heavy (non-hydrogen) atoms. The van der Waals surface area contributed by atoms with E-state index in [2.05, 4.69) is 25.6 Å². The first-order valence-corrected chi connectivity index (χ1v) is 8.16. The zero-order chi connectivity index (χ0) is 19.2. The molecule has 0 bridgehead atoms. The van der Waals surface area contributed by atoms with Crippen LogP contribution in [0.2, 0.25) is 0 Å². The second kappa shape index (κ2) is 8.52. The fraction of sp³-hybridized carbons (Fsp3) is 0.267. The van der Waals surface area contributed by atoms with Crippen molar-refractivity contribution in [3.05, 3.63) is 35.3 Å². The predicted octanol–water partition coefficient (Wildman–Crippen LogP) is 2.16. The number of carbonyl (C=O) groups is 1. The molecule has 3 N–H and O–H groups in total. The fourth-order valence-corrected chi connectivity index (χ4v) is 2.47. The number of hydrogen-bond acceptors (Lipinski definition) is 7. The van der Waals surface area contributed by atoms with E-state index in [0.717, 1.165) is 12.5 Å². The minimum atomic E-state index is -4.51. The Morgan fingerprint density at radius 1 is 1.35 bits per heavy atom. The lowest BCUT2D eigenvalue weighted by Crippen LogP contribution is -2.33. The summed E-state index contributed by atoms with van der Waals surface area (Å²) in [5.41, 5.74) is 0.467. The minimum absolute atomic E-state index is 0.0328. The standard InChI is InChI=1S/C15H15F3N6OS/c1-9(15(16,17)18)20-7-11(22-19)13(25)21-8-12-23-24-14(26-12)10-5-3-2-4-6-10/h2-7,9H,8,19H2,1H3,(H,21,25)/b20-7?,22-11+. The van der Waals surface area contributed by atoms with Crippen molar-refractivity contribution < 1.29 is 18.0 Å². The van der Waals surface area contributed by atoms with Gasteiger partial charge in [0.2, 0.25) is 0 Å². The first kappa shape index (κ1) is 19.5. The highest BCUT2D eigenvalue weighted by atomic mass is 32.1. The zero-order valence-electron chi connectivity index (χ0n) is 13.6. The Bertz CT molecular complexity index is 803. The van der Waals surface area contributed by atoms with Gasteiger partial charge in [0.1, 0.15) is 16.1 Å². The molecule has 0 spiro atoms. The van der Waals surface area contributed by atoms with Gasteiger partial charge in [0.05, 0.1) is 12.8 Å². The lowest BCUT2D eigenvalue weighted by atomic mass is 10.2. The lowest BCUT2D eigenvalue weighted by molar-refractivity contribution is -0.142. The number of aromatic nitrogens is 2. The van der Waals surface area contributed by atoms with Crippen LogP contribution in [0.25, 0.3) is 10.6 Å². The van der Waals surface area contributed by atoms with Crippen LogP contribution in [0.1, 0.15) is 11.9 Å². The van der Waals surface area contributed by atoms with Gasteiger partial charge < -0.3 is 11.2 Å². The summed E-state index contributed by atoms with van der Waals surface area (Å²) in [7, 11) is 0. The molecule has 0 saturated heterocycles. The molecule has 138 valence electrons. The van der Waals surface area contributed by atoms with E-state index < -0.39 is 23.8 Å². The van der Waals surface area contributed by atoms with Gasteiger partial charge in [-0.05, 0) is 6.92 Å². The third-order valence-corrected chi connectivity index (χ3v) is 4.13. The van der Waals surface area contributed by atoms with Gasteiger partial charge in [0, 0.05) is 5.56 Å². The van der Waals surface area contributed by atoms with Gasteiger partial charge in [-0.15, -0.1) is 10.2 Å². The van der Waals surface area contributed by atoms with Gasteiger partial charge in [0.25, 0.3) is 5.91 Å². The predicted molar refractivity (Wildman–Crippen MR) is 92.8 cm³/mol. The molecule has 1 aromatic heterocycles. The van der Waals surface area contributed by atoms with E-state index in [0.29, 0.717) is 16.2 Å². The van der Waals surface area contributed by atoms with Gasteiger partial charge in [0.15, 0.2) is 5.71 Å². The summed E-state index contributed by atoms with van der Waals surface area (Å²) < 4.78 is 37.3. The molecule has 11 heteroatoms. The summed E-state index contributed by atoms with van der Waals surface area (Å²) in [4.78, 5) is 15.2. The van der Waals surface area contributed by atoms with Crippen LogP contribution in [0.5, 0.6) is 0 Å². The second-order valence-corrected chi connectivity index (χ2v) is 6.12. The highest BCUT2D eigenvalue weighted by molar-refractivity contribution is 7.14. The Morgan fingerprint density at radius 3 is 2.65 bits per heavy atom. The Hall–Kier alpha value is -2.82. The Balaban J connectivity index is 1.95. The van der Waals surface area contributed by atoms with Gasteiger partial charge in [-0.3, -0.25) is 9.79 Å². The van der Waals surface area contributed by atoms with Crippen LogP contribution in [0.3, 0.4) is 0 Å². The summed E-state index contributed by atoms with van der Waals surface area (Å²) in [5, 5.41) is 14.8. The monoisotopic (exact) mass is 384 g/mol. The molecular formula is C15H15F3N6OS. The molecule has 1 atom stereocenters. The number of amides is 1. The SMILES string of the molecule is CC(N=C/C(=N\N)C(=O)NCc1nnc(-c2ccccc2)s1)C(F)(F)F. The molecule has 1 heterocycles. The molecule has 0 aliphatic carbocycles. The van der Waals surface area contributed by atoms with E-state index in [9.17, 15) is 18.0 Å². The summed E-state index contributed by atoms with van der Waals surface area (Å²) in [6.07, 6.45) is -3.81. The molecule has 1 unspecified atom stereocenters. The van der Waals surface area contributed by atoms with Crippen molar-refractivity contribution in [2.75, 3.05) is 0 Å². The van der Waals surface area contributed by atoms with E-state index in [1.165, 1.54) is 11.3 Å². The second-order valence-electron chi connectivity index (χ2n) is 5.06. The van der Waals surface area contributed by atoms with E-state index in [1.54, 1.807) is 0 Å². The Labute approximate surface area is 150 Å². The molecule has 0 saturated carbocycles. The molecule has 0 aliphatic rings. The van der Waals surface area contributed by atoms with Crippen LogP contribution < -0.4 is 11.2 Å². The summed E-state index contributed by atoms with van der Waals surface area (Å²) in [6, 6.07) is 7.39. The van der Waals surface area contributed by atoms with Crippen molar-refractivity contribution in [2.24, 2.45) is 15.9 Å². The van der Waals surface area contributed by atoms with Gasteiger partial charge in [-0.2, -0.15) is 18.3 Å². The van der Waals surface area contributed by atoms with E-state index in [4.69, 9.17) is 5.84 Å². The van der Waals surface area contributed by atoms with Crippen molar-refractivity contribution in [1.82, 2.24) is 15.5 Å². The molecule has 0 radical (unpaired) electrons. The smallest absolute Gasteiger partial charge is 0.344 e. The van der Waals surface area contributed by atoms with Crippen molar-refractivity contribution in [3.8, 4) is 10.6 Å². The molecule has 2 aromatic rings. The number of nitrogens with zero attached hydrogens (tertiary/aromatic N) is 4. The highest BCUT2D eigenvalue weighted by Gasteiger charge is 2.35. The first-order valence-electron chi connectivity index (χ1n) is 7.35. The summed E-state index contributed by atoms with van der Waals surface area (Å²) in [6.45, 7) is 0.889. The summed E-state index contributed by atoms with van der Waals surface area (Å²) in [5.74, 6) is 4.29. The molecular weight excluding hydrogens is 369 g/mol. The number of carbonyl (C=O) groups excluding carboxylic acids is 1. The number of nitrogens with two attached hydrogens (primary N) is 1.